The lowest BCUT2D eigenvalue weighted by atomic mass is 9.91. The van der Waals surface area contributed by atoms with Crippen LogP contribution in [0.3, 0.4) is 0 Å². The standard InChI is InChI=1S/C11H17N3O/c1-2-9-10(8-3-6-15-7-4-8)13-14-11(9)12-5-1/h8H,1-7H2,(H2,12,13,14). The SMILES string of the molecule is C1CNc2n[nH]c(C3CCOCC3)c2C1. The Morgan fingerprint density at radius 3 is 3.00 bits per heavy atom. The predicted octanol–water partition coefficient (Wildman–Crippen LogP) is 1.66. The zero-order valence-corrected chi connectivity index (χ0v) is 8.88. The van der Waals surface area contributed by atoms with E-state index in [0.717, 1.165) is 38.4 Å². The van der Waals surface area contributed by atoms with Crippen molar-refractivity contribution < 1.29 is 4.74 Å². The third kappa shape index (κ3) is 1.63. The molecule has 0 aliphatic carbocycles. The molecule has 0 atom stereocenters. The van der Waals surface area contributed by atoms with E-state index in [1.54, 1.807) is 0 Å². The van der Waals surface area contributed by atoms with Gasteiger partial charge in [0.15, 0.2) is 5.82 Å². The number of ether oxygens (including phenoxy) is 1. The Morgan fingerprint density at radius 1 is 1.27 bits per heavy atom. The van der Waals surface area contributed by atoms with E-state index in [1.165, 1.54) is 24.1 Å². The van der Waals surface area contributed by atoms with Crippen molar-refractivity contribution in [1.82, 2.24) is 10.2 Å². The minimum atomic E-state index is 0.634. The van der Waals surface area contributed by atoms with Crippen molar-refractivity contribution >= 4 is 5.82 Å². The molecule has 1 fully saturated rings. The summed E-state index contributed by atoms with van der Waals surface area (Å²) in [6, 6.07) is 0. The molecule has 3 heterocycles. The first-order valence-electron chi connectivity index (χ1n) is 5.84. The van der Waals surface area contributed by atoms with Crippen LogP contribution in [0.1, 0.15) is 36.4 Å². The molecule has 2 aliphatic heterocycles. The topological polar surface area (TPSA) is 49.9 Å². The highest BCUT2D eigenvalue weighted by atomic mass is 16.5. The highest BCUT2D eigenvalue weighted by molar-refractivity contribution is 5.49. The van der Waals surface area contributed by atoms with E-state index >= 15 is 0 Å². The first-order chi connectivity index (χ1) is 7.45. The van der Waals surface area contributed by atoms with Crippen LogP contribution in [-0.4, -0.2) is 30.0 Å². The summed E-state index contributed by atoms with van der Waals surface area (Å²) in [5.74, 6) is 1.72. The second-order valence-corrected chi connectivity index (χ2v) is 4.38. The van der Waals surface area contributed by atoms with Crippen LogP contribution in [0, 0.1) is 0 Å². The van der Waals surface area contributed by atoms with Crippen LogP contribution in [0.25, 0.3) is 0 Å². The minimum absolute atomic E-state index is 0.634. The first-order valence-corrected chi connectivity index (χ1v) is 5.84. The summed E-state index contributed by atoms with van der Waals surface area (Å²) in [5, 5.41) is 10.9. The van der Waals surface area contributed by atoms with Crippen molar-refractivity contribution in [3.05, 3.63) is 11.3 Å². The van der Waals surface area contributed by atoms with Crippen LogP contribution in [0.2, 0.25) is 0 Å². The zero-order chi connectivity index (χ0) is 10.1. The number of aromatic nitrogens is 2. The average molecular weight is 207 g/mol. The smallest absolute Gasteiger partial charge is 0.151 e. The third-order valence-electron chi connectivity index (χ3n) is 3.42. The number of aromatic amines is 1. The van der Waals surface area contributed by atoms with Gasteiger partial charge in [-0.25, -0.2) is 0 Å². The highest BCUT2D eigenvalue weighted by Crippen LogP contribution is 2.32. The second kappa shape index (κ2) is 3.85. The van der Waals surface area contributed by atoms with Gasteiger partial charge in [-0.3, -0.25) is 5.10 Å². The Morgan fingerprint density at radius 2 is 2.13 bits per heavy atom. The molecule has 0 amide bonds. The molecule has 82 valence electrons. The van der Waals surface area contributed by atoms with Gasteiger partial charge in [-0.15, -0.1) is 0 Å². The minimum Gasteiger partial charge on any atom is -0.381 e. The Balaban J connectivity index is 1.87. The van der Waals surface area contributed by atoms with E-state index < -0.39 is 0 Å². The zero-order valence-electron chi connectivity index (χ0n) is 8.88. The second-order valence-electron chi connectivity index (χ2n) is 4.38. The van der Waals surface area contributed by atoms with Crippen LogP contribution in [0.5, 0.6) is 0 Å². The van der Waals surface area contributed by atoms with Crippen molar-refractivity contribution in [2.24, 2.45) is 0 Å². The van der Waals surface area contributed by atoms with E-state index in [0.29, 0.717) is 5.92 Å². The van der Waals surface area contributed by atoms with Gasteiger partial charge in [0.05, 0.1) is 0 Å². The fourth-order valence-corrected chi connectivity index (χ4v) is 2.57. The van der Waals surface area contributed by atoms with Crippen molar-refractivity contribution in [2.45, 2.75) is 31.6 Å². The maximum absolute atomic E-state index is 5.39. The van der Waals surface area contributed by atoms with Gasteiger partial charge in [-0.05, 0) is 25.7 Å². The van der Waals surface area contributed by atoms with E-state index in [2.05, 4.69) is 15.5 Å². The fraction of sp³-hybridized carbons (Fsp3) is 0.727. The summed E-state index contributed by atoms with van der Waals surface area (Å²) >= 11 is 0. The summed E-state index contributed by atoms with van der Waals surface area (Å²) in [6.45, 7) is 2.85. The average Bonchev–Trinajstić information content (AvgIpc) is 2.74. The van der Waals surface area contributed by atoms with Gasteiger partial charge in [0.2, 0.25) is 0 Å². The molecule has 1 saturated heterocycles. The van der Waals surface area contributed by atoms with Gasteiger partial charge in [-0.1, -0.05) is 0 Å². The van der Waals surface area contributed by atoms with Gasteiger partial charge in [0, 0.05) is 36.9 Å². The molecule has 4 nitrogen and oxygen atoms in total. The maximum Gasteiger partial charge on any atom is 0.151 e. The Hall–Kier alpha value is -1.03. The van der Waals surface area contributed by atoms with Crippen LogP contribution >= 0.6 is 0 Å². The molecule has 3 rings (SSSR count). The summed E-state index contributed by atoms with van der Waals surface area (Å²) in [4.78, 5) is 0. The molecular formula is C11H17N3O. The lowest BCUT2D eigenvalue weighted by molar-refractivity contribution is 0.0843. The van der Waals surface area contributed by atoms with Crippen molar-refractivity contribution in [3.63, 3.8) is 0 Å². The highest BCUT2D eigenvalue weighted by Gasteiger charge is 2.24. The molecule has 0 spiro atoms. The Labute approximate surface area is 89.4 Å². The van der Waals surface area contributed by atoms with E-state index in [-0.39, 0.29) is 0 Å². The van der Waals surface area contributed by atoms with Gasteiger partial charge in [0.25, 0.3) is 0 Å². The van der Waals surface area contributed by atoms with Crippen LogP contribution in [0.15, 0.2) is 0 Å². The molecule has 1 aromatic heterocycles. The molecule has 0 saturated carbocycles. The number of hydrogen-bond acceptors (Lipinski definition) is 3. The van der Waals surface area contributed by atoms with Gasteiger partial charge in [0.1, 0.15) is 0 Å². The quantitative estimate of drug-likeness (QED) is 0.736. The normalized spacial score (nSPS) is 22.1. The van der Waals surface area contributed by atoms with Crippen LogP contribution in [-0.2, 0) is 11.2 Å². The van der Waals surface area contributed by atoms with Gasteiger partial charge in [-0.2, -0.15) is 5.10 Å². The molecule has 0 radical (unpaired) electrons. The van der Waals surface area contributed by atoms with Crippen LogP contribution < -0.4 is 5.32 Å². The molecule has 4 heteroatoms. The monoisotopic (exact) mass is 207 g/mol. The molecule has 2 N–H and O–H groups in total. The molecule has 1 aromatic rings. The molecule has 2 aliphatic rings. The number of hydrogen-bond donors (Lipinski definition) is 2. The number of anilines is 1. The number of nitrogens with zero attached hydrogens (tertiary/aromatic N) is 1. The molecule has 0 unspecified atom stereocenters. The van der Waals surface area contributed by atoms with Gasteiger partial charge < -0.3 is 10.1 Å². The molecule has 0 bridgehead atoms. The Kier molecular flexibility index (Phi) is 2.37. The summed E-state index contributed by atoms with van der Waals surface area (Å²) in [5.41, 5.74) is 2.79. The number of fused-ring (bicyclic) bond motifs is 1. The van der Waals surface area contributed by atoms with Crippen molar-refractivity contribution in [2.75, 3.05) is 25.1 Å². The lowest BCUT2D eigenvalue weighted by Gasteiger charge is -2.23. The lowest BCUT2D eigenvalue weighted by Crippen LogP contribution is -2.17. The largest absolute Gasteiger partial charge is 0.381 e. The third-order valence-corrected chi connectivity index (χ3v) is 3.42. The van der Waals surface area contributed by atoms with Gasteiger partial charge >= 0.3 is 0 Å². The van der Waals surface area contributed by atoms with Crippen LogP contribution in [0.4, 0.5) is 5.82 Å². The van der Waals surface area contributed by atoms with Crippen molar-refractivity contribution in [3.8, 4) is 0 Å². The molecular weight excluding hydrogens is 190 g/mol. The number of H-pyrrole nitrogens is 1. The first kappa shape index (κ1) is 9.21. The summed E-state index contributed by atoms with van der Waals surface area (Å²) in [6.07, 6.45) is 4.66. The van der Waals surface area contributed by atoms with E-state index in [4.69, 9.17) is 4.74 Å². The summed E-state index contributed by atoms with van der Waals surface area (Å²) < 4.78 is 5.39. The Bertz CT molecular complexity index is 342. The van der Waals surface area contributed by atoms with E-state index in [9.17, 15) is 0 Å². The fourth-order valence-electron chi connectivity index (χ4n) is 2.57. The van der Waals surface area contributed by atoms with E-state index in [1.807, 2.05) is 0 Å². The molecule has 15 heavy (non-hydrogen) atoms. The number of nitrogens with one attached hydrogen (secondary N) is 2. The predicted molar refractivity (Wildman–Crippen MR) is 58.2 cm³/mol. The molecule has 0 aromatic carbocycles. The van der Waals surface area contributed by atoms with Crippen molar-refractivity contribution in [1.29, 1.82) is 0 Å². The number of rotatable bonds is 1. The maximum atomic E-state index is 5.39. The summed E-state index contributed by atoms with van der Waals surface area (Å²) in [7, 11) is 0.